The molecule has 0 atom stereocenters. The van der Waals surface area contributed by atoms with Crippen LogP contribution in [0.25, 0.3) is 11.7 Å². The number of fused-ring (bicyclic) bond motifs is 1. The lowest BCUT2D eigenvalue weighted by Crippen LogP contribution is -2.30. The van der Waals surface area contributed by atoms with Gasteiger partial charge in [0.1, 0.15) is 15.8 Å². The number of carboxylic acids is 1. The Labute approximate surface area is 176 Å². The van der Waals surface area contributed by atoms with E-state index in [-0.39, 0.29) is 33.3 Å². The Morgan fingerprint density at radius 2 is 2.14 bits per heavy atom. The van der Waals surface area contributed by atoms with E-state index in [9.17, 15) is 14.4 Å². The highest BCUT2D eigenvalue weighted by Crippen LogP contribution is 2.33. The second-order valence-corrected chi connectivity index (χ2v) is 8.54. The molecule has 152 valence electrons. The topological polar surface area (TPSA) is 104 Å². The maximum atomic E-state index is 13.1. The Kier molecular flexibility index (Phi) is 6.33. The number of carboxylic acid groups (broad SMARTS) is 1. The smallest absolute Gasteiger partial charge is 0.305 e. The van der Waals surface area contributed by atoms with E-state index >= 15 is 0 Å². The molecule has 3 heterocycles. The monoisotopic (exact) mass is 432 g/mol. The number of hydrogen-bond acceptors (Lipinski definition) is 7. The molecule has 8 nitrogen and oxygen atoms in total. The third-order valence-corrected chi connectivity index (χ3v) is 5.52. The zero-order valence-corrected chi connectivity index (χ0v) is 17.5. The highest BCUT2D eigenvalue weighted by molar-refractivity contribution is 8.26. The number of nitrogens with one attached hydrogen (secondary N) is 1. The van der Waals surface area contributed by atoms with Crippen LogP contribution in [0.3, 0.4) is 0 Å². The maximum absolute atomic E-state index is 13.1. The minimum Gasteiger partial charge on any atom is -0.481 e. The van der Waals surface area contributed by atoms with Crippen molar-refractivity contribution in [2.75, 3.05) is 18.4 Å². The summed E-state index contributed by atoms with van der Waals surface area (Å²) in [5, 5.41) is 12.0. The van der Waals surface area contributed by atoms with Gasteiger partial charge < -0.3 is 10.4 Å². The van der Waals surface area contributed by atoms with Crippen molar-refractivity contribution in [1.29, 1.82) is 0 Å². The first-order valence-electron chi connectivity index (χ1n) is 9.00. The number of carbonyl (C=O) groups is 2. The molecular formula is C19H20N4O4S2. The Hall–Kier alpha value is -2.72. The standard InChI is InChI=1S/C19H20N4O4S2/c1-11(2)10-20-16-12(17(26)22-7-4-3-5-14(22)21-16)9-13-18(27)23(19(28)29-13)8-6-15(24)25/h3-5,7,9,11,20H,6,8,10H2,1-2H3,(H,24,25)/b13-9+. The highest BCUT2D eigenvalue weighted by Gasteiger charge is 2.32. The van der Waals surface area contributed by atoms with Gasteiger partial charge in [-0.05, 0) is 24.1 Å². The predicted molar refractivity (Wildman–Crippen MR) is 117 cm³/mol. The van der Waals surface area contributed by atoms with E-state index in [1.54, 1.807) is 24.4 Å². The summed E-state index contributed by atoms with van der Waals surface area (Å²) in [6.07, 6.45) is 2.89. The van der Waals surface area contributed by atoms with Crippen LogP contribution >= 0.6 is 24.0 Å². The van der Waals surface area contributed by atoms with Crippen LogP contribution in [-0.4, -0.2) is 48.7 Å². The van der Waals surface area contributed by atoms with Crippen molar-refractivity contribution in [3.05, 3.63) is 45.2 Å². The summed E-state index contributed by atoms with van der Waals surface area (Å²) in [4.78, 5) is 42.6. The van der Waals surface area contributed by atoms with Crippen molar-refractivity contribution in [1.82, 2.24) is 14.3 Å². The molecule has 0 aliphatic carbocycles. The summed E-state index contributed by atoms with van der Waals surface area (Å²) < 4.78 is 1.69. The summed E-state index contributed by atoms with van der Waals surface area (Å²) in [5.74, 6) is -0.701. The van der Waals surface area contributed by atoms with E-state index in [1.807, 2.05) is 13.8 Å². The SMILES string of the molecule is CC(C)CNc1nc2ccccn2c(=O)c1/C=C1/SC(=S)N(CCC(=O)O)C1=O. The zero-order valence-electron chi connectivity index (χ0n) is 15.9. The normalized spacial score (nSPS) is 15.7. The van der Waals surface area contributed by atoms with Gasteiger partial charge in [-0.1, -0.05) is 43.9 Å². The van der Waals surface area contributed by atoms with Crippen LogP contribution in [0.4, 0.5) is 5.82 Å². The lowest BCUT2D eigenvalue weighted by Gasteiger charge is -2.13. The molecule has 2 aromatic heterocycles. The van der Waals surface area contributed by atoms with Gasteiger partial charge in [-0.2, -0.15) is 0 Å². The number of carbonyl (C=O) groups excluding carboxylic acids is 1. The van der Waals surface area contributed by atoms with Gasteiger partial charge in [0, 0.05) is 19.3 Å². The lowest BCUT2D eigenvalue weighted by atomic mass is 10.2. The van der Waals surface area contributed by atoms with E-state index in [4.69, 9.17) is 17.3 Å². The fraction of sp³-hybridized carbons (Fsp3) is 0.316. The molecule has 2 aromatic rings. The minimum absolute atomic E-state index is 0.00918. The first-order chi connectivity index (χ1) is 13.8. The van der Waals surface area contributed by atoms with Crippen molar-refractivity contribution in [2.24, 2.45) is 5.92 Å². The molecule has 1 aliphatic rings. The molecule has 0 radical (unpaired) electrons. The van der Waals surface area contributed by atoms with E-state index < -0.39 is 11.9 Å². The molecule has 29 heavy (non-hydrogen) atoms. The van der Waals surface area contributed by atoms with Crippen LogP contribution in [0.15, 0.2) is 34.1 Å². The number of thiocarbonyl (C=S) groups is 1. The number of hydrogen-bond donors (Lipinski definition) is 2. The zero-order chi connectivity index (χ0) is 21.1. The molecule has 1 aliphatic heterocycles. The first-order valence-corrected chi connectivity index (χ1v) is 10.2. The average molecular weight is 433 g/mol. The fourth-order valence-corrected chi connectivity index (χ4v) is 3.99. The van der Waals surface area contributed by atoms with E-state index in [0.29, 0.717) is 23.9 Å². The molecular weight excluding hydrogens is 412 g/mol. The summed E-state index contributed by atoms with van der Waals surface area (Å²) >= 11 is 6.26. The van der Waals surface area contributed by atoms with Gasteiger partial charge in [-0.25, -0.2) is 4.98 Å². The molecule has 0 unspecified atom stereocenters. The molecule has 1 fully saturated rings. The van der Waals surface area contributed by atoms with Crippen molar-refractivity contribution in [3.8, 4) is 0 Å². The Bertz CT molecular complexity index is 1080. The third-order valence-electron chi connectivity index (χ3n) is 4.15. The Morgan fingerprint density at radius 1 is 1.38 bits per heavy atom. The number of amides is 1. The Morgan fingerprint density at radius 3 is 2.83 bits per heavy atom. The summed E-state index contributed by atoms with van der Waals surface area (Å²) in [6.45, 7) is 4.67. The summed E-state index contributed by atoms with van der Waals surface area (Å²) in [7, 11) is 0. The van der Waals surface area contributed by atoms with Crippen LogP contribution in [0.1, 0.15) is 25.8 Å². The number of aromatic nitrogens is 2. The number of nitrogens with zero attached hydrogens (tertiary/aromatic N) is 3. The second kappa shape index (κ2) is 8.75. The van der Waals surface area contributed by atoms with E-state index in [2.05, 4.69) is 10.3 Å². The highest BCUT2D eigenvalue weighted by atomic mass is 32.2. The largest absolute Gasteiger partial charge is 0.481 e. The fourth-order valence-electron chi connectivity index (χ4n) is 2.70. The predicted octanol–water partition coefficient (Wildman–Crippen LogP) is 2.44. The van der Waals surface area contributed by atoms with Crippen molar-refractivity contribution >= 4 is 57.7 Å². The molecule has 0 saturated carbocycles. The van der Waals surface area contributed by atoms with Crippen LogP contribution in [-0.2, 0) is 9.59 Å². The molecule has 1 amide bonds. The molecule has 0 bridgehead atoms. The molecule has 3 rings (SSSR count). The van der Waals surface area contributed by atoms with Gasteiger partial charge in [-0.3, -0.25) is 23.7 Å². The van der Waals surface area contributed by atoms with Crippen LogP contribution in [0.2, 0.25) is 0 Å². The molecule has 2 N–H and O–H groups in total. The minimum atomic E-state index is -1.01. The average Bonchev–Trinajstić information content (AvgIpc) is 2.93. The number of anilines is 1. The first kappa shape index (κ1) is 21.0. The van der Waals surface area contributed by atoms with E-state index in [1.165, 1.54) is 15.4 Å². The number of pyridine rings is 1. The van der Waals surface area contributed by atoms with Gasteiger partial charge in [0.05, 0.1) is 16.9 Å². The van der Waals surface area contributed by atoms with Crippen LogP contribution < -0.4 is 10.9 Å². The second-order valence-electron chi connectivity index (χ2n) is 6.86. The molecule has 0 aromatic carbocycles. The van der Waals surface area contributed by atoms with Gasteiger partial charge in [0.15, 0.2) is 0 Å². The van der Waals surface area contributed by atoms with E-state index in [0.717, 1.165) is 11.8 Å². The van der Waals surface area contributed by atoms with Gasteiger partial charge in [0.2, 0.25) is 0 Å². The quantitative estimate of drug-likeness (QED) is 0.508. The van der Waals surface area contributed by atoms with Crippen LogP contribution in [0, 0.1) is 5.92 Å². The third kappa shape index (κ3) is 4.65. The van der Waals surface area contributed by atoms with Gasteiger partial charge in [-0.15, -0.1) is 0 Å². The van der Waals surface area contributed by atoms with Crippen molar-refractivity contribution in [2.45, 2.75) is 20.3 Å². The molecule has 0 spiro atoms. The number of aliphatic carboxylic acids is 1. The lowest BCUT2D eigenvalue weighted by molar-refractivity contribution is -0.137. The van der Waals surface area contributed by atoms with Crippen LogP contribution in [0.5, 0.6) is 0 Å². The Balaban J connectivity index is 2.04. The number of thioether (sulfide) groups is 1. The van der Waals surface area contributed by atoms with Crippen molar-refractivity contribution < 1.29 is 14.7 Å². The summed E-state index contributed by atoms with van der Waals surface area (Å²) in [5.41, 5.74) is 0.445. The van der Waals surface area contributed by atoms with Crippen molar-refractivity contribution in [3.63, 3.8) is 0 Å². The molecule has 1 saturated heterocycles. The molecule has 10 heteroatoms. The maximum Gasteiger partial charge on any atom is 0.305 e. The van der Waals surface area contributed by atoms with Gasteiger partial charge in [0.25, 0.3) is 11.5 Å². The number of rotatable bonds is 7. The van der Waals surface area contributed by atoms with Gasteiger partial charge >= 0.3 is 5.97 Å². The summed E-state index contributed by atoms with van der Waals surface area (Å²) in [6, 6.07) is 5.25.